The maximum atomic E-state index is 12.8. The Balaban J connectivity index is 1.33. The van der Waals surface area contributed by atoms with Crippen molar-refractivity contribution in [2.24, 2.45) is 0 Å². The molecular weight excluding hydrogens is 490 g/mol. The highest BCUT2D eigenvalue weighted by molar-refractivity contribution is 7.98. The lowest BCUT2D eigenvalue weighted by molar-refractivity contribution is -0.0192. The number of nitrogens with zero attached hydrogens (tertiary/aromatic N) is 4. The van der Waals surface area contributed by atoms with Crippen molar-refractivity contribution < 1.29 is 19.0 Å². The van der Waals surface area contributed by atoms with Gasteiger partial charge in [-0.3, -0.25) is 9.48 Å². The Bertz CT molecular complexity index is 1400. The number of thioether (sulfide) groups is 1. The molecule has 4 aromatic rings. The van der Waals surface area contributed by atoms with Gasteiger partial charge in [0, 0.05) is 56.2 Å². The molecule has 2 aromatic heterocycles. The zero-order chi connectivity index (χ0) is 25.8. The second-order valence-corrected chi connectivity index (χ2v) is 9.65. The minimum atomic E-state index is -0.0323. The molecule has 1 aliphatic heterocycles. The number of nitrogens with one attached hydrogen (secondary N) is 1. The van der Waals surface area contributed by atoms with Crippen LogP contribution < -0.4 is 10.1 Å². The number of carbonyl (C=O) groups is 1. The van der Waals surface area contributed by atoms with Crippen molar-refractivity contribution in [1.82, 2.24) is 19.7 Å². The molecule has 1 fully saturated rings. The maximum Gasteiger partial charge on any atom is 0.254 e. The Labute approximate surface area is 219 Å². The minimum Gasteiger partial charge on any atom is -0.495 e. The van der Waals surface area contributed by atoms with E-state index in [-0.39, 0.29) is 12.0 Å². The molecule has 192 valence electrons. The summed E-state index contributed by atoms with van der Waals surface area (Å²) in [5.74, 6) is 2.58. The number of hydrogen-bond acceptors (Lipinski definition) is 8. The van der Waals surface area contributed by atoms with Gasteiger partial charge in [0.15, 0.2) is 0 Å². The van der Waals surface area contributed by atoms with Crippen molar-refractivity contribution in [3.63, 3.8) is 0 Å². The maximum absolute atomic E-state index is 12.8. The Morgan fingerprint density at radius 3 is 2.70 bits per heavy atom. The van der Waals surface area contributed by atoms with E-state index in [1.165, 1.54) is 0 Å². The average Bonchev–Trinajstić information content (AvgIpc) is 3.37. The number of hydrogen-bond donors (Lipinski definition) is 1. The van der Waals surface area contributed by atoms with Gasteiger partial charge in [0.1, 0.15) is 11.6 Å². The Hall–Kier alpha value is -3.60. The van der Waals surface area contributed by atoms with Crippen molar-refractivity contribution in [3.8, 4) is 16.9 Å². The highest BCUT2D eigenvalue weighted by Gasteiger charge is 2.31. The van der Waals surface area contributed by atoms with Gasteiger partial charge in [-0.05, 0) is 41.3 Å². The highest BCUT2D eigenvalue weighted by Crippen LogP contribution is 2.31. The van der Waals surface area contributed by atoms with Crippen LogP contribution in [0.25, 0.3) is 21.9 Å². The first kappa shape index (κ1) is 25.1. The van der Waals surface area contributed by atoms with Crippen LogP contribution in [0.4, 0.5) is 11.5 Å². The van der Waals surface area contributed by atoms with E-state index in [0.717, 1.165) is 33.5 Å². The third kappa shape index (κ3) is 5.56. The highest BCUT2D eigenvalue weighted by atomic mass is 32.2. The zero-order valence-corrected chi connectivity index (χ0v) is 21.8. The normalized spacial score (nSPS) is 13.5. The molecule has 0 spiro atoms. The second kappa shape index (κ2) is 11.2. The first-order chi connectivity index (χ1) is 18.1. The van der Waals surface area contributed by atoms with Crippen LogP contribution >= 0.6 is 11.8 Å². The third-order valence-corrected chi connectivity index (χ3v) is 7.14. The van der Waals surface area contributed by atoms with Gasteiger partial charge < -0.3 is 24.4 Å². The smallest absolute Gasteiger partial charge is 0.254 e. The molecule has 9 nitrogen and oxygen atoms in total. The number of likely N-dealkylation sites (tertiary alicyclic amines) is 1. The van der Waals surface area contributed by atoms with Crippen LogP contribution in [0.5, 0.6) is 5.75 Å². The fraction of sp³-hybridized carbons (Fsp3) is 0.296. The molecule has 0 bridgehead atoms. The SMILES string of the molecule is COCSCn1cc(-c2ccc3cnc(Nc4ccc(C(=O)N5CC(OC)C5)cc4OC)cc3c2)cn1. The summed E-state index contributed by atoms with van der Waals surface area (Å²) in [5, 5.41) is 9.87. The molecule has 0 radical (unpaired) electrons. The van der Waals surface area contributed by atoms with E-state index in [4.69, 9.17) is 14.2 Å². The molecule has 1 aliphatic rings. The predicted molar refractivity (Wildman–Crippen MR) is 145 cm³/mol. The summed E-state index contributed by atoms with van der Waals surface area (Å²) in [5.41, 5.74) is 3.44. The Morgan fingerprint density at radius 1 is 1.05 bits per heavy atom. The first-order valence-electron chi connectivity index (χ1n) is 11.8. The summed E-state index contributed by atoms with van der Waals surface area (Å²) in [6.07, 6.45) is 5.86. The van der Waals surface area contributed by atoms with E-state index in [0.29, 0.717) is 36.2 Å². The monoisotopic (exact) mass is 519 g/mol. The second-order valence-electron chi connectivity index (χ2n) is 8.75. The van der Waals surface area contributed by atoms with Gasteiger partial charge >= 0.3 is 0 Å². The average molecular weight is 520 g/mol. The van der Waals surface area contributed by atoms with E-state index >= 15 is 0 Å². The van der Waals surface area contributed by atoms with Crippen LogP contribution in [-0.2, 0) is 15.4 Å². The molecule has 5 rings (SSSR count). The molecule has 0 unspecified atom stereocenters. The molecule has 0 saturated carbocycles. The quantitative estimate of drug-likeness (QED) is 0.240. The summed E-state index contributed by atoms with van der Waals surface area (Å²) in [7, 11) is 4.94. The minimum absolute atomic E-state index is 0.0323. The number of anilines is 2. The lowest BCUT2D eigenvalue weighted by Crippen LogP contribution is -2.54. The van der Waals surface area contributed by atoms with Crippen molar-refractivity contribution in [2.45, 2.75) is 12.0 Å². The van der Waals surface area contributed by atoms with Gasteiger partial charge in [0.2, 0.25) is 0 Å². The molecule has 1 saturated heterocycles. The molecule has 1 N–H and O–H groups in total. The van der Waals surface area contributed by atoms with Crippen LogP contribution in [0.1, 0.15) is 10.4 Å². The first-order valence-corrected chi connectivity index (χ1v) is 13.0. The third-order valence-electron chi connectivity index (χ3n) is 6.29. The number of rotatable bonds is 10. The van der Waals surface area contributed by atoms with Crippen LogP contribution in [0, 0.1) is 0 Å². The molecule has 0 aliphatic carbocycles. The fourth-order valence-electron chi connectivity index (χ4n) is 4.19. The number of pyridine rings is 1. The summed E-state index contributed by atoms with van der Waals surface area (Å²) >= 11 is 1.66. The van der Waals surface area contributed by atoms with Gasteiger partial charge in [0.05, 0.1) is 36.9 Å². The zero-order valence-electron chi connectivity index (χ0n) is 21.0. The van der Waals surface area contributed by atoms with Crippen LogP contribution in [0.3, 0.4) is 0 Å². The van der Waals surface area contributed by atoms with E-state index in [9.17, 15) is 4.79 Å². The molecule has 2 aromatic carbocycles. The number of amides is 1. The van der Waals surface area contributed by atoms with E-state index in [2.05, 4.69) is 33.6 Å². The van der Waals surface area contributed by atoms with Crippen molar-refractivity contribution >= 4 is 39.9 Å². The number of benzene rings is 2. The number of carbonyl (C=O) groups excluding carboxylic acids is 1. The van der Waals surface area contributed by atoms with Gasteiger partial charge in [0.25, 0.3) is 5.91 Å². The van der Waals surface area contributed by atoms with Crippen molar-refractivity contribution in [3.05, 3.63) is 66.6 Å². The van der Waals surface area contributed by atoms with Gasteiger partial charge in [-0.15, -0.1) is 11.8 Å². The molecule has 3 heterocycles. The standard InChI is InChI=1S/C27H29N5O4S/c1-34-17-37-16-32-13-22(12-29-32)18-4-5-20-11-28-26(10-21(20)8-18)30-24-7-6-19(9-25(24)36-3)27(33)31-14-23(15-31)35-2/h4-13,23H,14-17H2,1-3H3,(H,28,30). The summed E-state index contributed by atoms with van der Waals surface area (Å²) in [6, 6.07) is 13.7. The van der Waals surface area contributed by atoms with Gasteiger partial charge in [-0.1, -0.05) is 12.1 Å². The molecule has 0 atom stereocenters. The van der Waals surface area contributed by atoms with Crippen LogP contribution in [0.15, 0.2) is 61.1 Å². The summed E-state index contributed by atoms with van der Waals surface area (Å²) in [6.45, 7) is 1.21. The van der Waals surface area contributed by atoms with Gasteiger partial charge in [-0.2, -0.15) is 5.10 Å². The summed E-state index contributed by atoms with van der Waals surface area (Å²) in [4.78, 5) is 19.1. The molecule has 10 heteroatoms. The lowest BCUT2D eigenvalue weighted by atomic mass is 10.0. The predicted octanol–water partition coefficient (Wildman–Crippen LogP) is 4.62. The van der Waals surface area contributed by atoms with Crippen LogP contribution in [-0.4, -0.2) is 72.0 Å². The molecule has 1 amide bonds. The number of aromatic nitrogens is 3. The Kier molecular flexibility index (Phi) is 7.59. The largest absolute Gasteiger partial charge is 0.495 e. The van der Waals surface area contributed by atoms with E-state index < -0.39 is 0 Å². The molecular formula is C27H29N5O4S. The number of ether oxygens (including phenoxy) is 3. The number of fused-ring (bicyclic) bond motifs is 1. The van der Waals surface area contributed by atoms with Crippen molar-refractivity contribution in [1.29, 1.82) is 0 Å². The lowest BCUT2D eigenvalue weighted by Gasteiger charge is -2.38. The van der Waals surface area contributed by atoms with Crippen LogP contribution in [0.2, 0.25) is 0 Å². The topological polar surface area (TPSA) is 90.7 Å². The molecule has 37 heavy (non-hydrogen) atoms. The van der Waals surface area contributed by atoms with E-state index in [1.54, 1.807) is 50.1 Å². The van der Waals surface area contributed by atoms with E-state index in [1.807, 2.05) is 35.4 Å². The fourth-order valence-corrected chi connectivity index (χ4v) is 4.76. The van der Waals surface area contributed by atoms with Crippen molar-refractivity contribution in [2.75, 3.05) is 45.7 Å². The van der Waals surface area contributed by atoms with Gasteiger partial charge in [-0.25, -0.2) is 4.98 Å². The summed E-state index contributed by atoms with van der Waals surface area (Å²) < 4.78 is 17.8. The Morgan fingerprint density at radius 2 is 1.92 bits per heavy atom. The number of methoxy groups -OCH3 is 3.